The monoisotopic (exact) mass is 444 g/mol. The van der Waals surface area contributed by atoms with Crippen LogP contribution >= 0.6 is 0 Å². The highest BCUT2D eigenvalue weighted by atomic mass is 19.1. The number of benzene rings is 2. The molecule has 1 fully saturated rings. The Kier molecular flexibility index (Phi) is 5.14. The molecule has 0 unspecified atom stereocenters. The zero-order valence-corrected chi connectivity index (χ0v) is 17.4. The molecule has 0 amide bonds. The molecule has 1 aromatic heterocycles. The van der Waals surface area contributed by atoms with E-state index in [0.29, 0.717) is 18.7 Å². The number of anilines is 2. The van der Waals surface area contributed by atoms with E-state index in [9.17, 15) is 24.2 Å². The van der Waals surface area contributed by atoms with E-state index in [1.807, 2.05) is 0 Å². The summed E-state index contributed by atoms with van der Waals surface area (Å²) < 4.78 is 30.8. The van der Waals surface area contributed by atoms with Crippen molar-refractivity contribution in [3.05, 3.63) is 62.4 Å². The van der Waals surface area contributed by atoms with Crippen LogP contribution in [0.2, 0.25) is 0 Å². The largest absolute Gasteiger partial charge is 0.477 e. The maximum absolute atomic E-state index is 15.4. The van der Waals surface area contributed by atoms with Crippen molar-refractivity contribution in [2.45, 2.75) is 26.5 Å². The molecule has 0 saturated carbocycles. The number of carboxylic acids is 1. The number of aromatic carboxylic acids is 1. The summed E-state index contributed by atoms with van der Waals surface area (Å²) in [5, 5.41) is 19.3. The lowest BCUT2D eigenvalue weighted by Gasteiger charge is -2.40. The van der Waals surface area contributed by atoms with Crippen LogP contribution in [0.25, 0.3) is 16.6 Å². The van der Waals surface area contributed by atoms with Gasteiger partial charge in [-0.2, -0.15) is 0 Å². The molecule has 1 saturated heterocycles. The number of carboxylic acid groups (broad SMARTS) is 1. The van der Waals surface area contributed by atoms with E-state index in [4.69, 9.17) is 11.5 Å². The van der Waals surface area contributed by atoms with Crippen LogP contribution in [0.15, 0.2) is 23.1 Å². The molecule has 0 aliphatic carbocycles. The summed E-state index contributed by atoms with van der Waals surface area (Å²) >= 11 is 0. The van der Waals surface area contributed by atoms with Crippen molar-refractivity contribution in [2.24, 2.45) is 5.73 Å². The molecule has 0 atom stereocenters. The Bertz CT molecular complexity index is 1350. The highest BCUT2D eigenvalue weighted by molar-refractivity contribution is 5.97. The SMILES string of the molecule is Cc1c(F)c(N2CC(N)C2)c(C)c2c1c(=O)c(C(=O)O)cn2-c1cc(N)c(F)cc1CO. The number of hydrogen-bond acceptors (Lipinski definition) is 6. The van der Waals surface area contributed by atoms with E-state index in [1.54, 1.807) is 11.8 Å². The molecule has 168 valence electrons. The average molecular weight is 444 g/mol. The Morgan fingerprint density at radius 3 is 2.44 bits per heavy atom. The normalized spacial score (nSPS) is 14.1. The summed E-state index contributed by atoms with van der Waals surface area (Å²) in [6, 6.07) is 2.17. The number of halogens is 2. The number of aliphatic hydroxyl groups excluding tert-OH is 1. The van der Waals surface area contributed by atoms with E-state index in [-0.39, 0.29) is 45.1 Å². The maximum Gasteiger partial charge on any atom is 0.341 e. The van der Waals surface area contributed by atoms with Gasteiger partial charge in [0.05, 0.1) is 34.6 Å². The fraction of sp³-hybridized carbons (Fsp3) is 0.273. The molecule has 0 bridgehead atoms. The first-order valence-corrected chi connectivity index (χ1v) is 9.87. The van der Waals surface area contributed by atoms with E-state index < -0.39 is 35.2 Å². The zero-order valence-electron chi connectivity index (χ0n) is 17.4. The molecule has 3 aromatic rings. The Labute approximate surface area is 181 Å². The number of aliphatic hydroxyl groups is 1. The summed E-state index contributed by atoms with van der Waals surface area (Å²) in [5.41, 5.74) is 11.1. The minimum absolute atomic E-state index is 0.0106. The van der Waals surface area contributed by atoms with Crippen LogP contribution in [0.5, 0.6) is 0 Å². The number of carbonyl (C=O) groups is 1. The van der Waals surface area contributed by atoms with Crippen molar-refractivity contribution >= 4 is 28.2 Å². The number of pyridine rings is 1. The number of hydrogen-bond donors (Lipinski definition) is 4. The molecule has 4 rings (SSSR count). The molecule has 32 heavy (non-hydrogen) atoms. The maximum atomic E-state index is 15.4. The van der Waals surface area contributed by atoms with Crippen LogP contribution in [0, 0.1) is 25.5 Å². The molecule has 2 aromatic carbocycles. The molecule has 1 aliphatic heterocycles. The van der Waals surface area contributed by atoms with E-state index in [0.717, 1.165) is 12.3 Å². The van der Waals surface area contributed by atoms with Gasteiger partial charge in [-0.05, 0) is 26.0 Å². The number of rotatable bonds is 4. The lowest BCUT2D eigenvalue weighted by molar-refractivity contribution is 0.0695. The number of fused-ring (bicyclic) bond motifs is 1. The molecule has 2 heterocycles. The molecule has 8 nitrogen and oxygen atoms in total. The molecule has 0 spiro atoms. The van der Waals surface area contributed by atoms with Gasteiger partial charge in [-0.15, -0.1) is 0 Å². The van der Waals surface area contributed by atoms with Crippen LogP contribution in [0.4, 0.5) is 20.2 Å². The average Bonchev–Trinajstić information content (AvgIpc) is 2.72. The quantitative estimate of drug-likeness (QED) is 0.451. The lowest BCUT2D eigenvalue weighted by atomic mass is 9.96. The molecule has 0 radical (unpaired) electrons. The van der Waals surface area contributed by atoms with Gasteiger partial charge in [0.2, 0.25) is 5.43 Å². The van der Waals surface area contributed by atoms with Crippen molar-refractivity contribution in [1.29, 1.82) is 0 Å². The Hall–Kier alpha value is -3.50. The van der Waals surface area contributed by atoms with Gasteiger partial charge in [0.15, 0.2) is 5.82 Å². The van der Waals surface area contributed by atoms with Gasteiger partial charge in [-0.3, -0.25) is 4.79 Å². The van der Waals surface area contributed by atoms with Gasteiger partial charge in [0.25, 0.3) is 0 Å². The Morgan fingerprint density at radius 2 is 1.88 bits per heavy atom. The van der Waals surface area contributed by atoms with Crippen LogP contribution in [0.3, 0.4) is 0 Å². The number of nitrogen functional groups attached to an aromatic ring is 1. The second kappa shape index (κ2) is 7.57. The zero-order chi connectivity index (χ0) is 23.5. The van der Waals surface area contributed by atoms with E-state index in [1.165, 1.54) is 17.6 Å². The van der Waals surface area contributed by atoms with Crippen LogP contribution in [-0.2, 0) is 6.61 Å². The third kappa shape index (κ3) is 3.10. The summed E-state index contributed by atoms with van der Waals surface area (Å²) in [4.78, 5) is 26.6. The van der Waals surface area contributed by atoms with Crippen molar-refractivity contribution < 1.29 is 23.8 Å². The minimum Gasteiger partial charge on any atom is -0.477 e. The summed E-state index contributed by atoms with van der Waals surface area (Å²) in [5.74, 6) is -2.88. The van der Waals surface area contributed by atoms with Crippen LogP contribution in [-0.4, -0.2) is 39.9 Å². The molecular formula is C22H22F2N4O4. The van der Waals surface area contributed by atoms with Crippen LogP contribution < -0.4 is 21.8 Å². The number of aryl methyl sites for hydroxylation is 2. The van der Waals surface area contributed by atoms with Crippen molar-refractivity contribution in [1.82, 2.24) is 4.57 Å². The molecule has 1 aliphatic rings. The number of aromatic nitrogens is 1. The Balaban J connectivity index is 2.21. The molecule has 6 N–H and O–H groups in total. The second-order valence-corrected chi connectivity index (χ2v) is 8.01. The third-order valence-electron chi connectivity index (χ3n) is 5.91. The van der Waals surface area contributed by atoms with Crippen molar-refractivity contribution in [3.8, 4) is 5.69 Å². The first kappa shape index (κ1) is 21.7. The van der Waals surface area contributed by atoms with E-state index in [2.05, 4.69) is 0 Å². The predicted molar refractivity (Wildman–Crippen MR) is 116 cm³/mol. The smallest absolute Gasteiger partial charge is 0.341 e. The van der Waals surface area contributed by atoms with Gasteiger partial charge >= 0.3 is 5.97 Å². The highest BCUT2D eigenvalue weighted by Gasteiger charge is 2.31. The second-order valence-electron chi connectivity index (χ2n) is 8.01. The Morgan fingerprint density at radius 1 is 1.22 bits per heavy atom. The highest BCUT2D eigenvalue weighted by Crippen LogP contribution is 2.37. The fourth-order valence-corrected chi connectivity index (χ4v) is 4.28. The third-order valence-corrected chi connectivity index (χ3v) is 5.91. The topological polar surface area (TPSA) is 135 Å². The van der Waals surface area contributed by atoms with Gasteiger partial charge in [-0.25, -0.2) is 13.6 Å². The standard InChI is InChI=1S/C22H22F2N4O4/c1-9-17-19(10(2)20(18(9)24)27-5-12(25)6-27)28(7-13(21(17)30)22(31)32)16-4-15(26)14(23)3-11(16)8-29/h3-4,7,12,29H,5-6,8,25-26H2,1-2H3,(H,31,32). The summed E-state index contributed by atoms with van der Waals surface area (Å²) in [6.45, 7) is 3.29. The molecular weight excluding hydrogens is 422 g/mol. The van der Waals surface area contributed by atoms with Gasteiger partial charge in [0.1, 0.15) is 11.4 Å². The summed E-state index contributed by atoms with van der Waals surface area (Å²) in [6.07, 6.45) is 1.09. The van der Waals surface area contributed by atoms with E-state index >= 15 is 4.39 Å². The lowest BCUT2D eigenvalue weighted by Crippen LogP contribution is -2.56. The van der Waals surface area contributed by atoms with Gasteiger partial charge in [0, 0.05) is 42.0 Å². The first-order valence-electron chi connectivity index (χ1n) is 9.87. The van der Waals surface area contributed by atoms with Crippen molar-refractivity contribution in [3.63, 3.8) is 0 Å². The first-order chi connectivity index (χ1) is 15.1. The van der Waals surface area contributed by atoms with Gasteiger partial charge < -0.3 is 31.1 Å². The fourth-order valence-electron chi connectivity index (χ4n) is 4.28. The van der Waals surface area contributed by atoms with Gasteiger partial charge in [-0.1, -0.05) is 0 Å². The number of nitrogens with two attached hydrogens (primary N) is 2. The predicted octanol–water partition coefficient (Wildman–Crippen LogP) is 1.81. The number of nitrogens with zero attached hydrogens (tertiary/aromatic N) is 2. The van der Waals surface area contributed by atoms with Crippen molar-refractivity contribution in [2.75, 3.05) is 23.7 Å². The van der Waals surface area contributed by atoms with Crippen LogP contribution in [0.1, 0.15) is 27.0 Å². The minimum atomic E-state index is -1.50. The summed E-state index contributed by atoms with van der Waals surface area (Å²) in [7, 11) is 0. The molecule has 10 heteroatoms.